The van der Waals surface area contributed by atoms with Gasteiger partial charge in [0.05, 0.1) is 12.7 Å². The Morgan fingerprint density at radius 1 is 1.10 bits per heavy atom. The van der Waals surface area contributed by atoms with E-state index in [0.717, 1.165) is 5.56 Å². The number of nitrogens with zero attached hydrogens (tertiary/aromatic N) is 1. The molecule has 1 heterocycles. The molecule has 3 rings (SSSR count). The maximum Gasteiger partial charge on any atom is 0.276 e. The van der Waals surface area contributed by atoms with Crippen LogP contribution in [0.2, 0.25) is 0 Å². The normalized spacial score (nSPS) is 13.6. The van der Waals surface area contributed by atoms with Crippen molar-refractivity contribution < 1.29 is 14.3 Å². The van der Waals surface area contributed by atoms with Crippen LogP contribution in [-0.2, 0) is 0 Å². The summed E-state index contributed by atoms with van der Waals surface area (Å²) in [5.74, 6) is 0.251. The highest BCUT2D eigenvalue weighted by molar-refractivity contribution is 6.52. The minimum Gasteiger partial charge on any atom is -0.618 e. The first-order valence-corrected chi connectivity index (χ1v) is 6.26. The number of hydrogen-bond acceptors (Lipinski definition) is 3. The topological polar surface area (TPSA) is 52.4 Å². The van der Waals surface area contributed by atoms with Crippen molar-refractivity contribution in [2.75, 3.05) is 7.11 Å². The van der Waals surface area contributed by atoms with Crippen molar-refractivity contribution in [2.45, 2.75) is 6.92 Å². The standard InChI is InChI=1S/C16H13NO3/c1-10-7-8-11-13(9-10)17(19)15(16(11)18)12-5-3-4-6-14(12)20-2/h3-9H,1-2H3. The number of carbonyl (C=O) groups is 1. The van der Waals surface area contributed by atoms with E-state index < -0.39 is 0 Å². The van der Waals surface area contributed by atoms with Crippen LogP contribution in [0.15, 0.2) is 42.5 Å². The van der Waals surface area contributed by atoms with Crippen LogP contribution in [0.25, 0.3) is 0 Å². The van der Waals surface area contributed by atoms with Gasteiger partial charge in [0.2, 0.25) is 5.69 Å². The summed E-state index contributed by atoms with van der Waals surface area (Å²) in [5, 5.41) is 12.4. The number of Topliss-reactive ketones (excluding diaryl/α,β-unsaturated/α-hetero) is 1. The van der Waals surface area contributed by atoms with E-state index in [1.165, 1.54) is 7.11 Å². The van der Waals surface area contributed by atoms with Crippen molar-refractivity contribution in [3.8, 4) is 5.75 Å². The molecule has 20 heavy (non-hydrogen) atoms. The largest absolute Gasteiger partial charge is 0.618 e. The Bertz CT molecular complexity index is 747. The number of aryl methyl sites for hydroxylation is 1. The van der Waals surface area contributed by atoms with E-state index in [1.807, 2.05) is 13.0 Å². The maximum atomic E-state index is 12.5. The number of benzene rings is 2. The van der Waals surface area contributed by atoms with Gasteiger partial charge in [-0.05, 0) is 30.7 Å². The van der Waals surface area contributed by atoms with E-state index in [9.17, 15) is 10.0 Å². The molecule has 1 aliphatic heterocycles. The van der Waals surface area contributed by atoms with Crippen molar-refractivity contribution in [1.29, 1.82) is 0 Å². The van der Waals surface area contributed by atoms with Gasteiger partial charge < -0.3 is 9.94 Å². The van der Waals surface area contributed by atoms with Crippen LogP contribution in [0.3, 0.4) is 0 Å². The zero-order valence-electron chi connectivity index (χ0n) is 11.2. The van der Waals surface area contributed by atoms with E-state index in [-0.39, 0.29) is 11.5 Å². The lowest BCUT2D eigenvalue weighted by molar-refractivity contribution is -0.355. The van der Waals surface area contributed by atoms with E-state index in [2.05, 4.69) is 0 Å². The number of rotatable bonds is 2. The fourth-order valence-electron chi connectivity index (χ4n) is 2.41. The van der Waals surface area contributed by atoms with Crippen LogP contribution in [-0.4, -0.2) is 23.3 Å². The van der Waals surface area contributed by atoms with Crippen LogP contribution in [0.1, 0.15) is 21.5 Å². The zero-order chi connectivity index (χ0) is 14.3. The lowest BCUT2D eigenvalue weighted by Crippen LogP contribution is -2.17. The first kappa shape index (κ1) is 12.4. The molecule has 0 aliphatic carbocycles. The lowest BCUT2D eigenvalue weighted by atomic mass is 10.0. The highest BCUT2D eigenvalue weighted by Crippen LogP contribution is 2.31. The molecule has 0 atom stereocenters. The summed E-state index contributed by atoms with van der Waals surface area (Å²) in [4.78, 5) is 12.5. The number of carbonyl (C=O) groups excluding carboxylic acids is 1. The number of fused-ring (bicyclic) bond motifs is 1. The molecule has 1 aliphatic rings. The van der Waals surface area contributed by atoms with Crippen LogP contribution < -0.4 is 4.74 Å². The number of methoxy groups -OCH3 is 1. The molecule has 0 spiro atoms. The Hall–Kier alpha value is -2.62. The highest BCUT2D eigenvalue weighted by Gasteiger charge is 2.37. The fourth-order valence-corrected chi connectivity index (χ4v) is 2.41. The third-order valence-electron chi connectivity index (χ3n) is 3.40. The molecule has 0 aromatic heterocycles. The summed E-state index contributed by atoms with van der Waals surface area (Å²) in [7, 11) is 1.52. The van der Waals surface area contributed by atoms with Crippen molar-refractivity contribution in [1.82, 2.24) is 0 Å². The van der Waals surface area contributed by atoms with Crippen molar-refractivity contribution in [2.24, 2.45) is 0 Å². The molecular formula is C16H13NO3. The predicted octanol–water partition coefficient (Wildman–Crippen LogP) is 2.83. The third-order valence-corrected chi connectivity index (χ3v) is 3.40. The first-order valence-electron chi connectivity index (χ1n) is 6.26. The SMILES string of the molecule is COc1ccccc1C1=[N+]([O-])c2cc(C)ccc2C1=O. The molecule has 0 fully saturated rings. The molecule has 2 aromatic rings. The van der Waals surface area contributed by atoms with E-state index >= 15 is 0 Å². The second-order valence-electron chi connectivity index (χ2n) is 4.69. The van der Waals surface area contributed by atoms with Gasteiger partial charge in [0.15, 0.2) is 0 Å². The molecule has 0 amide bonds. The highest BCUT2D eigenvalue weighted by atomic mass is 16.5. The Morgan fingerprint density at radius 3 is 2.60 bits per heavy atom. The Kier molecular flexibility index (Phi) is 2.79. The number of hydrogen-bond donors (Lipinski definition) is 0. The minimum absolute atomic E-state index is 0.114. The molecule has 4 nitrogen and oxygen atoms in total. The Balaban J connectivity index is 2.23. The lowest BCUT2D eigenvalue weighted by Gasteiger charge is -2.06. The zero-order valence-corrected chi connectivity index (χ0v) is 11.2. The summed E-state index contributed by atoms with van der Waals surface area (Å²) in [6.07, 6.45) is 0. The summed E-state index contributed by atoms with van der Waals surface area (Å²) in [6.45, 7) is 1.89. The summed E-state index contributed by atoms with van der Waals surface area (Å²) >= 11 is 0. The van der Waals surface area contributed by atoms with Gasteiger partial charge in [-0.1, -0.05) is 18.2 Å². The summed E-state index contributed by atoms with van der Waals surface area (Å²) < 4.78 is 5.94. The van der Waals surface area contributed by atoms with Gasteiger partial charge >= 0.3 is 0 Å². The van der Waals surface area contributed by atoms with Crippen molar-refractivity contribution in [3.63, 3.8) is 0 Å². The van der Waals surface area contributed by atoms with Gasteiger partial charge in [-0.15, -0.1) is 0 Å². The van der Waals surface area contributed by atoms with Crippen LogP contribution in [0, 0.1) is 12.1 Å². The first-order chi connectivity index (χ1) is 9.63. The predicted molar refractivity (Wildman–Crippen MR) is 75.9 cm³/mol. The van der Waals surface area contributed by atoms with Gasteiger partial charge in [0.1, 0.15) is 11.3 Å². The smallest absolute Gasteiger partial charge is 0.276 e. The summed E-state index contributed by atoms with van der Waals surface area (Å²) in [6, 6.07) is 12.3. The number of para-hydroxylation sites is 1. The monoisotopic (exact) mass is 267 g/mol. The molecule has 0 radical (unpaired) electrons. The maximum absolute atomic E-state index is 12.5. The van der Waals surface area contributed by atoms with Gasteiger partial charge in [0, 0.05) is 6.07 Å². The number of ketones is 1. The van der Waals surface area contributed by atoms with Gasteiger partial charge in [-0.25, -0.2) is 0 Å². The minimum atomic E-state index is -0.264. The average molecular weight is 267 g/mol. The third kappa shape index (κ3) is 1.69. The quantitative estimate of drug-likeness (QED) is 0.621. The Morgan fingerprint density at radius 2 is 1.85 bits per heavy atom. The molecule has 0 bridgehead atoms. The summed E-state index contributed by atoms with van der Waals surface area (Å²) in [5.41, 5.74) is 2.41. The fraction of sp³-hybridized carbons (Fsp3) is 0.125. The van der Waals surface area contributed by atoms with Gasteiger partial charge in [-0.3, -0.25) is 4.79 Å². The molecular weight excluding hydrogens is 254 g/mol. The van der Waals surface area contributed by atoms with E-state index in [1.54, 1.807) is 36.4 Å². The Labute approximate surface area is 116 Å². The van der Waals surface area contributed by atoms with Crippen molar-refractivity contribution in [3.05, 3.63) is 64.4 Å². The van der Waals surface area contributed by atoms with E-state index in [0.29, 0.717) is 27.3 Å². The number of ether oxygens (including phenoxy) is 1. The molecule has 0 saturated carbocycles. The average Bonchev–Trinajstić information content (AvgIpc) is 2.70. The second-order valence-corrected chi connectivity index (χ2v) is 4.69. The van der Waals surface area contributed by atoms with Gasteiger partial charge in [0.25, 0.3) is 11.5 Å². The van der Waals surface area contributed by atoms with Crippen molar-refractivity contribution >= 4 is 17.2 Å². The van der Waals surface area contributed by atoms with Crippen LogP contribution in [0.4, 0.5) is 5.69 Å². The molecule has 100 valence electrons. The van der Waals surface area contributed by atoms with Crippen LogP contribution >= 0.6 is 0 Å². The molecule has 0 N–H and O–H groups in total. The van der Waals surface area contributed by atoms with E-state index in [4.69, 9.17) is 4.74 Å². The van der Waals surface area contributed by atoms with Gasteiger partial charge in [-0.2, -0.15) is 4.74 Å². The molecule has 0 saturated heterocycles. The molecule has 2 aromatic carbocycles. The molecule has 0 unspecified atom stereocenters. The molecule has 4 heteroatoms. The second kappa shape index (κ2) is 4.49. The van der Waals surface area contributed by atoms with Crippen LogP contribution in [0.5, 0.6) is 5.75 Å².